The second-order valence-corrected chi connectivity index (χ2v) is 5.63. The summed E-state index contributed by atoms with van der Waals surface area (Å²) in [6.07, 6.45) is 6.04. The highest BCUT2D eigenvalue weighted by Gasteiger charge is 2.23. The number of aromatic amines is 1. The second-order valence-electron chi connectivity index (χ2n) is 5.63. The summed E-state index contributed by atoms with van der Waals surface area (Å²) in [6, 6.07) is 12.9. The van der Waals surface area contributed by atoms with Gasteiger partial charge in [-0.25, -0.2) is 9.97 Å². The van der Waals surface area contributed by atoms with E-state index in [1.165, 1.54) is 18.4 Å². The van der Waals surface area contributed by atoms with E-state index in [1.807, 2.05) is 6.20 Å². The van der Waals surface area contributed by atoms with Crippen LogP contribution in [-0.2, 0) is 0 Å². The lowest BCUT2D eigenvalue weighted by atomic mass is 9.90. The number of anilines is 1. The molecule has 0 spiro atoms. The monoisotopic (exact) mass is 278 g/mol. The molecule has 3 heterocycles. The summed E-state index contributed by atoms with van der Waals surface area (Å²) in [5, 5.41) is 1.12. The van der Waals surface area contributed by atoms with Gasteiger partial charge < -0.3 is 9.88 Å². The van der Waals surface area contributed by atoms with Crippen molar-refractivity contribution in [1.29, 1.82) is 0 Å². The van der Waals surface area contributed by atoms with Crippen LogP contribution < -0.4 is 4.90 Å². The predicted octanol–water partition coefficient (Wildman–Crippen LogP) is 3.34. The van der Waals surface area contributed by atoms with Crippen LogP contribution in [0.1, 0.15) is 24.3 Å². The van der Waals surface area contributed by atoms with Gasteiger partial charge in [0, 0.05) is 25.2 Å². The highest BCUT2D eigenvalue weighted by atomic mass is 15.2. The molecule has 106 valence electrons. The molecule has 0 bridgehead atoms. The Hall–Kier alpha value is -2.36. The maximum absolute atomic E-state index is 4.53. The van der Waals surface area contributed by atoms with Crippen molar-refractivity contribution in [3.63, 3.8) is 0 Å². The fraction of sp³-hybridized carbons (Fsp3) is 0.294. The lowest BCUT2D eigenvalue weighted by Gasteiger charge is -2.34. The Labute approximate surface area is 123 Å². The summed E-state index contributed by atoms with van der Waals surface area (Å²) in [5.41, 5.74) is 2.35. The first-order valence-electron chi connectivity index (χ1n) is 7.50. The zero-order chi connectivity index (χ0) is 14.1. The van der Waals surface area contributed by atoms with Crippen molar-refractivity contribution in [2.24, 2.45) is 0 Å². The summed E-state index contributed by atoms with van der Waals surface area (Å²) < 4.78 is 0. The Morgan fingerprint density at radius 1 is 1.10 bits per heavy atom. The SMILES string of the molecule is c1ccc(C2CCCN(c3ncnc4[nH]ccc34)C2)cc1. The number of nitrogens with zero attached hydrogens (tertiary/aromatic N) is 3. The first kappa shape index (κ1) is 12.4. The van der Waals surface area contributed by atoms with Crippen molar-refractivity contribution in [2.75, 3.05) is 18.0 Å². The van der Waals surface area contributed by atoms with E-state index in [2.05, 4.69) is 56.3 Å². The fourth-order valence-corrected chi connectivity index (χ4v) is 3.28. The molecule has 1 aromatic carbocycles. The summed E-state index contributed by atoms with van der Waals surface area (Å²) in [6.45, 7) is 2.10. The summed E-state index contributed by atoms with van der Waals surface area (Å²) in [5.74, 6) is 1.64. The molecule has 4 heteroatoms. The highest BCUT2D eigenvalue weighted by molar-refractivity contribution is 5.87. The van der Waals surface area contributed by atoms with Crippen LogP contribution >= 0.6 is 0 Å². The van der Waals surface area contributed by atoms with E-state index >= 15 is 0 Å². The molecule has 0 radical (unpaired) electrons. The third kappa shape index (κ3) is 2.27. The van der Waals surface area contributed by atoms with Gasteiger partial charge in [0.1, 0.15) is 17.8 Å². The van der Waals surface area contributed by atoms with E-state index < -0.39 is 0 Å². The maximum atomic E-state index is 4.53. The van der Waals surface area contributed by atoms with E-state index in [0.29, 0.717) is 5.92 Å². The molecule has 4 rings (SSSR count). The predicted molar refractivity (Wildman–Crippen MR) is 84.5 cm³/mol. The normalized spacial score (nSPS) is 19.0. The van der Waals surface area contributed by atoms with Crippen LogP contribution in [0.2, 0.25) is 0 Å². The van der Waals surface area contributed by atoms with Gasteiger partial charge in [-0.3, -0.25) is 0 Å². The molecule has 1 fully saturated rings. The van der Waals surface area contributed by atoms with Gasteiger partial charge in [-0.15, -0.1) is 0 Å². The molecule has 0 saturated carbocycles. The van der Waals surface area contributed by atoms with Crippen LogP contribution in [0.3, 0.4) is 0 Å². The van der Waals surface area contributed by atoms with Crippen LogP contribution in [0.5, 0.6) is 0 Å². The van der Waals surface area contributed by atoms with Crippen molar-refractivity contribution in [3.8, 4) is 0 Å². The Balaban J connectivity index is 1.65. The van der Waals surface area contributed by atoms with Crippen molar-refractivity contribution in [3.05, 3.63) is 54.5 Å². The van der Waals surface area contributed by atoms with Crippen LogP contribution in [0.4, 0.5) is 5.82 Å². The van der Waals surface area contributed by atoms with E-state index in [9.17, 15) is 0 Å². The van der Waals surface area contributed by atoms with E-state index in [4.69, 9.17) is 0 Å². The molecule has 1 unspecified atom stereocenters. The molecule has 1 saturated heterocycles. The van der Waals surface area contributed by atoms with E-state index in [-0.39, 0.29) is 0 Å². The molecule has 1 aliphatic heterocycles. The van der Waals surface area contributed by atoms with Gasteiger partial charge in [-0.1, -0.05) is 30.3 Å². The van der Waals surface area contributed by atoms with Gasteiger partial charge in [0.2, 0.25) is 0 Å². The minimum Gasteiger partial charge on any atom is -0.355 e. The first-order chi connectivity index (χ1) is 10.4. The third-order valence-electron chi connectivity index (χ3n) is 4.32. The van der Waals surface area contributed by atoms with Crippen molar-refractivity contribution >= 4 is 16.9 Å². The van der Waals surface area contributed by atoms with E-state index in [1.54, 1.807) is 6.33 Å². The standard InChI is InChI=1S/C17H18N4/c1-2-5-13(6-3-1)14-7-4-10-21(11-14)17-15-8-9-18-16(15)19-12-20-17/h1-3,5-6,8-9,12,14H,4,7,10-11H2,(H,18,19,20). The number of benzene rings is 1. The van der Waals surface area contributed by atoms with Crippen molar-refractivity contribution in [1.82, 2.24) is 15.0 Å². The quantitative estimate of drug-likeness (QED) is 0.782. The van der Waals surface area contributed by atoms with Crippen molar-refractivity contribution < 1.29 is 0 Å². The fourth-order valence-electron chi connectivity index (χ4n) is 3.28. The lowest BCUT2D eigenvalue weighted by Crippen LogP contribution is -2.35. The average Bonchev–Trinajstić information content (AvgIpc) is 3.04. The number of fused-ring (bicyclic) bond motifs is 1. The van der Waals surface area contributed by atoms with Gasteiger partial charge >= 0.3 is 0 Å². The van der Waals surface area contributed by atoms with Gasteiger partial charge in [0.25, 0.3) is 0 Å². The van der Waals surface area contributed by atoms with Crippen LogP contribution in [0.15, 0.2) is 48.9 Å². The number of piperidine rings is 1. The molecule has 2 aromatic heterocycles. The summed E-state index contributed by atoms with van der Waals surface area (Å²) in [4.78, 5) is 14.4. The summed E-state index contributed by atoms with van der Waals surface area (Å²) in [7, 11) is 0. The zero-order valence-electron chi connectivity index (χ0n) is 11.9. The molecule has 1 aliphatic rings. The summed E-state index contributed by atoms with van der Waals surface area (Å²) >= 11 is 0. The van der Waals surface area contributed by atoms with Crippen LogP contribution in [0.25, 0.3) is 11.0 Å². The minimum absolute atomic E-state index is 0.587. The molecular weight excluding hydrogens is 260 g/mol. The molecule has 0 amide bonds. The smallest absolute Gasteiger partial charge is 0.142 e. The number of H-pyrrole nitrogens is 1. The molecule has 3 aromatic rings. The highest BCUT2D eigenvalue weighted by Crippen LogP contribution is 2.31. The molecule has 1 atom stereocenters. The number of nitrogens with one attached hydrogen (secondary N) is 1. The van der Waals surface area contributed by atoms with Crippen molar-refractivity contribution in [2.45, 2.75) is 18.8 Å². The Bertz CT molecular complexity index is 735. The largest absolute Gasteiger partial charge is 0.355 e. The van der Waals surface area contributed by atoms with E-state index in [0.717, 1.165) is 29.9 Å². The average molecular weight is 278 g/mol. The topological polar surface area (TPSA) is 44.8 Å². The molecule has 1 N–H and O–H groups in total. The number of aromatic nitrogens is 3. The maximum Gasteiger partial charge on any atom is 0.142 e. The van der Waals surface area contributed by atoms with Gasteiger partial charge in [-0.2, -0.15) is 0 Å². The Kier molecular flexibility index (Phi) is 3.07. The van der Waals surface area contributed by atoms with Gasteiger partial charge in [-0.05, 0) is 24.5 Å². The number of rotatable bonds is 2. The number of hydrogen-bond donors (Lipinski definition) is 1. The zero-order valence-corrected chi connectivity index (χ0v) is 11.9. The lowest BCUT2D eigenvalue weighted by molar-refractivity contribution is 0.508. The molecule has 21 heavy (non-hydrogen) atoms. The Morgan fingerprint density at radius 3 is 2.90 bits per heavy atom. The molecule has 4 nitrogen and oxygen atoms in total. The Morgan fingerprint density at radius 2 is 2.00 bits per heavy atom. The number of hydrogen-bond acceptors (Lipinski definition) is 3. The second kappa shape index (κ2) is 5.20. The molecular formula is C17H18N4. The third-order valence-corrected chi connectivity index (χ3v) is 4.32. The van der Waals surface area contributed by atoms with Gasteiger partial charge in [0.05, 0.1) is 5.39 Å². The van der Waals surface area contributed by atoms with Crippen LogP contribution in [0, 0.1) is 0 Å². The first-order valence-corrected chi connectivity index (χ1v) is 7.50. The minimum atomic E-state index is 0.587. The molecule has 0 aliphatic carbocycles. The van der Waals surface area contributed by atoms with Gasteiger partial charge in [0.15, 0.2) is 0 Å². The van der Waals surface area contributed by atoms with Crippen LogP contribution in [-0.4, -0.2) is 28.0 Å².